The van der Waals surface area contributed by atoms with Crippen LogP contribution in [0.5, 0.6) is 0 Å². The first-order valence-corrected chi connectivity index (χ1v) is 5.41. The number of nitrogens with zero attached hydrogens (tertiary/aromatic N) is 3. The van der Waals surface area contributed by atoms with Crippen LogP contribution in [-0.2, 0) is 0 Å². The van der Waals surface area contributed by atoms with Gasteiger partial charge in [0, 0.05) is 0 Å². The number of rotatable bonds is 2. The summed E-state index contributed by atoms with van der Waals surface area (Å²) in [7, 11) is 0. The molecule has 3 N–H and O–H groups in total. The van der Waals surface area contributed by atoms with Crippen LogP contribution < -0.4 is 5.73 Å². The van der Waals surface area contributed by atoms with Crippen molar-refractivity contribution in [2.75, 3.05) is 11.5 Å². The summed E-state index contributed by atoms with van der Waals surface area (Å²) in [5.74, 6) is 1.23. The molecule has 2 aromatic rings. The summed E-state index contributed by atoms with van der Waals surface area (Å²) in [6.07, 6.45) is 1.38. The zero-order valence-electron chi connectivity index (χ0n) is 8.11. The van der Waals surface area contributed by atoms with Crippen LogP contribution in [0, 0.1) is 11.3 Å². The summed E-state index contributed by atoms with van der Waals surface area (Å²) in [6, 6.07) is 2.13. The minimum Gasteiger partial charge on any atom is -0.383 e. The highest BCUT2D eigenvalue weighted by atomic mass is 32.2. The molecule has 0 aromatic carbocycles. The Morgan fingerprint density at radius 2 is 2.40 bits per heavy atom. The van der Waals surface area contributed by atoms with Crippen molar-refractivity contribution in [3.8, 4) is 6.07 Å². The van der Waals surface area contributed by atoms with E-state index >= 15 is 0 Å². The average molecular weight is 219 g/mol. The molecule has 76 valence electrons. The lowest BCUT2D eigenvalue weighted by Gasteiger charge is -1.93. The maximum absolute atomic E-state index is 9.06. The molecular formula is C9H9N5S. The topological polar surface area (TPSA) is 91.4 Å². The molecule has 0 radical (unpaired) electrons. The van der Waals surface area contributed by atoms with Crippen molar-refractivity contribution in [2.45, 2.75) is 11.9 Å². The number of nitrogens with one attached hydrogen (secondary N) is 1. The maximum Gasteiger partial charge on any atom is 0.145 e. The van der Waals surface area contributed by atoms with Crippen LogP contribution in [0.2, 0.25) is 0 Å². The second-order valence-corrected chi connectivity index (χ2v) is 4.13. The van der Waals surface area contributed by atoms with Gasteiger partial charge < -0.3 is 10.7 Å². The molecule has 0 saturated heterocycles. The SMILES string of the molecule is CCSc1[nH]c2ncnc(N)c2c1C#N. The number of nitrogen functional groups attached to an aromatic ring is 1. The number of thioether (sulfide) groups is 1. The number of nitrogens with two attached hydrogens (primary N) is 1. The van der Waals surface area contributed by atoms with Gasteiger partial charge in [-0.1, -0.05) is 6.92 Å². The summed E-state index contributed by atoms with van der Waals surface area (Å²) in [5.41, 5.74) is 6.87. The zero-order chi connectivity index (χ0) is 10.8. The van der Waals surface area contributed by atoms with Crippen molar-refractivity contribution in [1.82, 2.24) is 15.0 Å². The number of anilines is 1. The van der Waals surface area contributed by atoms with Gasteiger partial charge in [-0.15, -0.1) is 11.8 Å². The molecule has 0 fully saturated rings. The quantitative estimate of drug-likeness (QED) is 0.747. The van der Waals surface area contributed by atoms with Gasteiger partial charge in [-0.3, -0.25) is 0 Å². The normalized spacial score (nSPS) is 10.4. The average Bonchev–Trinajstić information content (AvgIpc) is 2.57. The molecule has 0 aliphatic rings. The molecule has 5 nitrogen and oxygen atoms in total. The lowest BCUT2D eigenvalue weighted by molar-refractivity contribution is 1.16. The van der Waals surface area contributed by atoms with Crippen molar-refractivity contribution in [3.05, 3.63) is 11.9 Å². The predicted octanol–water partition coefficient (Wildman–Crippen LogP) is 1.52. The molecule has 6 heteroatoms. The fourth-order valence-electron chi connectivity index (χ4n) is 1.38. The number of fused-ring (bicyclic) bond motifs is 1. The Labute approximate surface area is 90.7 Å². The molecule has 0 atom stereocenters. The summed E-state index contributed by atoms with van der Waals surface area (Å²) >= 11 is 1.56. The van der Waals surface area contributed by atoms with Gasteiger partial charge in [-0.2, -0.15) is 5.26 Å². The van der Waals surface area contributed by atoms with Crippen molar-refractivity contribution in [2.24, 2.45) is 0 Å². The Morgan fingerprint density at radius 3 is 3.07 bits per heavy atom. The Bertz CT molecular complexity index is 539. The summed E-state index contributed by atoms with van der Waals surface area (Å²) in [5, 5.41) is 10.5. The number of aromatic amines is 1. The maximum atomic E-state index is 9.06. The third-order valence-electron chi connectivity index (χ3n) is 1.99. The Hall–Kier alpha value is -1.74. The van der Waals surface area contributed by atoms with E-state index < -0.39 is 0 Å². The van der Waals surface area contributed by atoms with Gasteiger partial charge >= 0.3 is 0 Å². The van der Waals surface area contributed by atoms with E-state index in [0.717, 1.165) is 10.8 Å². The number of hydrogen-bond acceptors (Lipinski definition) is 5. The molecule has 0 unspecified atom stereocenters. The van der Waals surface area contributed by atoms with E-state index in [1.54, 1.807) is 11.8 Å². The summed E-state index contributed by atoms with van der Waals surface area (Å²) in [6.45, 7) is 2.02. The predicted molar refractivity (Wildman–Crippen MR) is 59.4 cm³/mol. The van der Waals surface area contributed by atoms with Gasteiger partial charge in [0.15, 0.2) is 0 Å². The first kappa shape index (κ1) is 9.80. The lowest BCUT2D eigenvalue weighted by Crippen LogP contribution is -1.92. The van der Waals surface area contributed by atoms with Crippen molar-refractivity contribution in [3.63, 3.8) is 0 Å². The summed E-state index contributed by atoms with van der Waals surface area (Å²) < 4.78 is 0. The van der Waals surface area contributed by atoms with Crippen LogP contribution in [0.1, 0.15) is 12.5 Å². The molecule has 2 aromatic heterocycles. The standard InChI is InChI=1S/C9H9N5S/c1-2-15-9-5(3-10)6-7(11)12-4-13-8(6)14-9/h4H,2H2,1H3,(H3,11,12,13,14). The first-order valence-electron chi connectivity index (χ1n) is 4.43. The second-order valence-electron chi connectivity index (χ2n) is 2.86. The van der Waals surface area contributed by atoms with Gasteiger partial charge in [0.1, 0.15) is 23.9 Å². The van der Waals surface area contributed by atoms with Gasteiger partial charge in [0.05, 0.1) is 16.0 Å². The van der Waals surface area contributed by atoms with Crippen LogP contribution in [0.4, 0.5) is 5.82 Å². The highest BCUT2D eigenvalue weighted by Crippen LogP contribution is 2.30. The smallest absolute Gasteiger partial charge is 0.145 e. The van der Waals surface area contributed by atoms with E-state index in [-0.39, 0.29) is 0 Å². The molecule has 15 heavy (non-hydrogen) atoms. The highest BCUT2D eigenvalue weighted by molar-refractivity contribution is 7.99. The van der Waals surface area contributed by atoms with Crippen LogP contribution in [0.25, 0.3) is 11.0 Å². The first-order chi connectivity index (χ1) is 7.27. The Morgan fingerprint density at radius 1 is 1.60 bits per heavy atom. The van der Waals surface area contributed by atoms with E-state index in [1.165, 1.54) is 6.33 Å². The molecule has 0 saturated carbocycles. The van der Waals surface area contributed by atoms with E-state index in [9.17, 15) is 0 Å². The minimum absolute atomic E-state index is 0.343. The molecule has 0 aliphatic carbocycles. The second kappa shape index (κ2) is 3.79. The third-order valence-corrected chi connectivity index (χ3v) is 2.87. The Balaban J connectivity index is 2.76. The van der Waals surface area contributed by atoms with Crippen molar-refractivity contribution in [1.29, 1.82) is 5.26 Å². The molecule has 0 aliphatic heterocycles. The van der Waals surface area contributed by atoms with Gasteiger partial charge in [-0.05, 0) is 5.75 Å². The number of aromatic nitrogens is 3. The van der Waals surface area contributed by atoms with Gasteiger partial charge in [-0.25, -0.2) is 9.97 Å². The molecule has 0 amide bonds. The third kappa shape index (κ3) is 1.51. The van der Waals surface area contributed by atoms with Crippen molar-refractivity contribution >= 4 is 28.6 Å². The molecule has 0 spiro atoms. The highest BCUT2D eigenvalue weighted by Gasteiger charge is 2.14. The fraction of sp³-hybridized carbons (Fsp3) is 0.222. The molecule has 2 rings (SSSR count). The number of nitriles is 1. The van der Waals surface area contributed by atoms with E-state index in [2.05, 4.69) is 21.0 Å². The van der Waals surface area contributed by atoms with E-state index in [0.29, 0.717) is 22.4 Å². The van der Waals surface area contributed by atoms with Crippen LogP contribution in [0.3, 0.4) is 0 Å². The van der Waals surface area contributed by atoms with E-state index in [1.807, 2.05) is 6.92 Å². The summed E-state index contributed by atoms with van der Waals surface area (Å²) in [4.78, 5) is 11.0. The number of H-pyrrole nitrogens is 1. The minimum atomic E-state index is 0.343. The number of hydrogen-bond donors (Lipinski definition) is 2. The monoisotopic (exact) mass is 219 g/mol. The van der Waals surface area contributed by atoms with Crippen LogP contribution in [0.15, 0.2) is 11.4 Å². The van der Waals surface area contributed by atoms with Gasteiger partial charge in [0.2, 0.25) is 0 Å². The lowest BCUT2D eigenvalue weighted by atomic mass is 10.2. The molecule has 2 heterocycles. The van der Waals surface area contributed by atoms with Crippen LogP contribution in [-0.4, -0.2) is 20.7 Å². The van der Waals surface area contributed by atoms with E-state index in [4.69, 9.17) is 11.0 Å². The van der Waals surface area contributed by atoms with Crippen LogP contribution >= 0.6 is 11.8 Å². The molecule has 0 bridgehead atoms. The Kier molecular flexibility index (Phi) is 2.47. The molecular weight excluding hydrogens is 210 g/mol. The fourth-order valence-corrected chi connectivity index (χ4v) is 2.13. The van der Waals surface area contributed by atoms with Gasteiger partial charge in [0.25, 0.3) is 0 Å². The van der Waals surface area contributed by atoms with Crippen molar-refractivity contribution < 1.29 is 0 Å². The largest absolute Gasteiger partial charge is 0.383 e. The zero-order valence-corrected chi connectivity index (χ0v) is 8.93.